The van der Waals surface area contributed by atoms with E-state index in [1.165, 1.54) is 6.92 Å². The van der Waals surface area contributed by atoms with Crippen LogP contribution in [0.4, 0.5) is 4.39 Å². The number of carbonyl (C=O) groups is 1. The van der Waals surface area contributed by atoms with Crippen LogP contribution in [0.3, 0.4) is 0 Å². The van der Waals surface area contributed by atoms with Gasteiger partial charge in [0.15, 0.2) is 0 Å². The van der Waals surface area contributed by atoms with Gasteiger partial charge in [0.1, 0.15) is 11.4 Å². The fourth-order valence-corrected chi connectivity index (χ4v) is 1.87. The van der Waals surface area contributed by atoms with E-state index in [2.05, 4.69) is 10.3 Å². The summed E-state index contributed by atoms with van der Waals surface area (Å²) in [5.41, 5.74) is 1.18. The lowest BCUT2D eigenvalue weighted by Crippen LogP contribution is -2.30. The number of hydrogen-bond donors (Lipinski definition) is 2. The van der Waals surface area contributed by atoms with Crippen LogP contribution in [-0.2, 0) is 0 Å². The molecule has 0 spiro atoms. The number of benzene rings is 1. The second-order valence-electron chi connectivity index (χ2n) is 4.69. The van der Waals surface area contributed by atoms with E-state index >= 15 is 0 Å². The largest absolute Gasteiger partial charge is 0.460 e. The Morgan fingerprint density at radius 2 is 2.11 bits per heavy atom. The summed E-state index contributed by atoms with van der Waals surface area (Å²) >= 11 is 0. The molecule has 102 valence electrons. The van der Waals surface area contributed by atoms with Crippen molar-refractivity contribution in [1.82, 2.24) is 10.3 Å². The number of amides is 1. The van der Waals surface area contributed by atoms with Crippen molar-refractivity contribution in [3.05, 3.63) is 30.0 Å². The maximum Gasteiger partial charge on any atom is 0.267 e. The summed E-state index contributed by atoms with van der Waals surface area (Å²) in [6, 6.07) is 6.97. The lowest BCUT2D eigenvalue weighted by atomic mass is 10.2. The topological polar surface area (TPSA) is 54.1 Å². The molecule has 1 amide bonds. The number of aromatic amines is 1. The summed E-state index contributed by atoms with van der Waals surface area (Å²) in [5.74, 6) is 0.234. The third kappa shape index (κ3) is 3.05. The summed E-state index contributed by atoms with van der Waals surface area (Å²) in [4.78, 5) is 14.9. The van der Waals surface area contributed by atoms with Crippen LogP contribution in [0, 0.1) is 0 Å². The molecular weight excluding hydrogens is 247 g/mol. The van der Waals surface area contributed by atoms with E-state index < -0.39 is 6.36 Å². The van der Waals surface area contributed by atoms with Gasteiger partial charge in [0, 0.05) is 23.9 Å². The molecular formula is C14H17FN2O2. The molecule has 0 aliphatic heterocycles. The molecule has 0 aliphatic carbocycles. The summed E-state index contributed by atoms with van der Waals surface area (Å²) in [6.45, 7) is 5.09. The fourth-order valence-electron chi connectivity index (χ4n) is 1.87. The molecule has 2 aromatic rings. The lowest BCUT2D eigenvalue weighted by Gasteiger charge is -2.07. The van der Waals surface area contributed by atoms with Gasteiger partial charge in [-0.25, -0.2) is 4.39 Å². The van der Waals surface area contributed by atoms with Gasteiger partial charge < -0.3 is 15.0 Å². The van der Waals surface area contributed by atoms with Crippen LogP contribution in [0.2, 0.25) is 0 Å². The molecule has 0 radical (unpaired) electrons. The Bertz CT molecular complexity index is 590. The average Bonchev–Trinajstić information content (AvgIpc) is 2.72. The molecule has 0 saturated carbocycles. The molecule has 1 atom stereocenters. The van der Waals surface area contributed by atoms with Gasteiger partial charge in [-0.05, 0) is 32.0 Å². The highest BCUT2D eigenvalue weighted by Gasteiger charge is 2.13. The van der Waals surface area contributed by atoms with E-state index in [9.17, 15) is 9.18 Å². The Balaban J connectivity index is 2.37. The smallest absolute Gasteiger partial charge is 0.267 e. The van der Waals surface area contributed by atoms with Crippen LogP contribution in [0.5, 0.6) is 5.75 Å². The predicted octanol–water partition coefficient (Wildman–Crippen LogP) is 3.00. The first-order valence-electron chi connectivity index (χ1n) is 6.20. The average molecular weight is 264 g/mol. The first kappa shape index (κ1) is 13.4. The van der Waals surface area contributed by atoms with E-state index in [1.807, 2.05) is 19.9 Å². The Hall–Kier alpha value is -2.04. The zero-order chi connectivity index (χ0) is 14.0. The fraction of sp³-hybridized carbons (Fsp3) is 0.357. The highest BCUT2D eigenvalue weighted by Crippen LogP contribution is 2.27. The van der Waals surface area contributed by atoms with Crippen LogP contribution in [0.15, 0.2) is 24.3 Å². The number of rotatable bonds is 4. The monoisotopic (exact) mass is 264 g/mol. The van der Waals surface area contributed by atoms with Crippen LogP contribution in [0.25, 0.3) is 10.9 Å². The number of ether oxygens (including phenoxy) is 1. The number of halogens is 1. The highest BCUT2D eigenvalue weighted by molar-refractivity contribution is 5.99. The second-order valence-corrected chi connectivity index (χ2v) is 4.69. The molecule has 1 aromatic carbocycles. The van der Waals surface area contributed by atoms with E-state index in [-0.39, 0.29) is 11.9 Å². The molecule has 19 heavy (non-hydrogen) atoms. The second kappa shape index (κ2) is 5.30. The number of fused-ring (bicyclic) bond motifs is 1. The van der Waals surface area contributed by atoms with Gasteiger partial charge in [0.2, 0.25) is 6.36 Å². The molecule has 1 unspecified atom stereocenters. The van der Waals surface area contributed by atoms with Gasteiger partial charge in [-0.3, -0.25) is 4.79 Å². The van der Waals surface area contributed by atoms with Crippen molar-refractivity contribution < 1.29 is 13.9 Å². The maximum atomic E-state index is 12.9. The highest BCUT2D eigenvalue weighted by atomic mass is 19.1. The molecule has 1 aromatic heterocycles. The molecule has 2 N–H and O–H groups in total. The maximum absolute atomic E-state index is 12.9. The number of nitrogens with one attached hydrogen (secondary N) is 2. The predicted molar refractivity (Wildman–Crippen MR) is 72.1 cm³/mol. The number of carbonyl (C=O) groups excluding carboxylic acids is 1. The minimum absolute atomic E-state index is 0.0560. The third-order valence-electron chi connectivity index (χ3n) is 2.58. The molecule has 4 nitrogen and oxygen atoms in total. The van der Waals surface area contributed by atoms with Crippen LogP contribution >= 0.6 is 0 Å². The van der Waals surface area contributed by atoms with Gasteiger partial charge in [0.25, 0.3) is 5.91 Å². The summed E-state index contributed by atoms with van der Waals surface area (Å²) in [5, 5.41) is 3.49. The molecule has 5 heteroatoms. The number of H-pyrrole nitrogens is 1. The summed E-state index contributed by atoms with van der Waals surface area (Å²) in [7, 11) is 0. The number of alkyl halides is 1. The van der Waals surface area contributed by atoms with Crippen LogP contribution < -0.4 is 10.1 Å². The first-order chi connectivity index (χ1) is 8.97. The first-order valence-corrected chi connectivity index (χ1v) is 6.20. The molecule has 1 heterocycles. The van der Waals surface area contributed by atoms with Crippen molar-refractivity contribution in [3.8, 4) is 5.75 Å². The SMILES string of the molecule is CC(C)NC(=O)c1cc2c(OC(C)F)cccc2[nH]1. The summed E-state index contributed by atoms with van der Waals surface area (Å²) < 4.78 is 18.0. The Kier molecular flexibility index (Phi) is 3.74. The van der Waals surface area contributed by atoms with Crippen molar-refractivity contribution in [3.63, 3.8) is 0 Å². The van der Waals surface area contributed by atoms with Gasteiger partial charge in [-0.15, -0.1) is 0 Å². The third-order valence-corrected chi connectivity index (χ3v) is 2.58. The number of hydrogen-bond acceptors (Lipinski definition) is 2. The van der Waals surface area contributed by atoms with Gasteiger partial charge in [-0.2, -0.15) is 0 Å². The Morgan fingerprint density at radius 3 is 2.74 bits per heavy atom. The van der Waals surface area contributed by atoms with E-state index in [4.69, 9.17) is 4.74 Å². The molecule has 0 saturated heterocycles. The molecule has 0 bridgehead atoms. The summed E-state index contributed by atoms with van der Waals surface area (Å²) in [6.07, 6.45) is -1.39. The van der Waals surface area contributed by atoms with Gasteiger partial charge >= 0.3 is 0 Å². The van der Waals surface area contributed by atoms with E-state index in [0.717, 1.165) is 5.52 Å². The van der Waals surface area contributed by atoms with Crippen molar-refractivity contribution in [2.24, 2.45) is 0 Å². The Morgan fingerprint density at radius 1 is 1.37 bits per heavy atom. The molecule has 0 aliphatic rings. The lowest BCUT2D eigenvalue weighted by molar-refractivity contribution is 0.0877. The van der Waals surface area contributed by atoms with Crippen molar-refractivity contribution in [2.75, 3.05) is 0 Å². The van der Waals surface area contributed by atoms with Crippen molar-refractivity contribution in [1.29, 1.82) is 0 Å². The zero-order valence-corrected chi connectivity index (χ0v) is 11.2. The molecule has 2 rings (SSSR count). The van der Waals surface area contributed by atoms with Crippen LogP contribution in [0.1, 0.15) is 31.3 Å². The normalized spacial score (nSPS) is 12.7. The van der Waals surface area contributed by atoms with E-state index in [1.54, 1.807) is 18.2 Å². The van der Waals surface area contributed by atoms with Gasteiger partial charge in [0.05, 0.1) is 0 Å². The number of aromatic nitrogens is 1. The van der Waals surface area contributed by atoms with E-state index in [0.29, 0.717) is 16.8 Å². The van der Waals surface area contributed by atoms with Gasteiger partial charge in [-0.1, -0.05) is 6.07 Å². The van der Waals surface area contributed by atoms with Crippen LogP contribution in [-0.4, -0.2) is 23.3 Å². The zero-order valence-electron chi connectivity index (χ0n) is 11.2. The van der Waals surface area contributed by atoms with Crippen molar-refractivity contribution in [2.45, 2.75) is 33.2 Å². The molecule has 0 fully saturated rings. The Labute approximate surface area is 111 Å². The minimum Gasteiger partial charge on any atom is -0.460 e. The minimum atomic E-state index is -1.39. The quantitative estimate of drug-likeness (QED) is 0.892. The van der Waals surface area contributed by atoms with Crippen molar-refractivity contribution >= 4 is 16.8 Å². The standard InChI is InChI=1S/C14H17FN2O2/c1-8(2)16-14(18)12-7-10-11(17-12)5-4-6-13(10)19-9(3)15/h4-9,17H,1-3H3,(H,16,18).